The molecule has 0 saturated carbocycles. The molecule has 3 aromatic rings. The number of hydrogen-bond donors (Lipinski definition) is 1. The summed E-state index contributed by atoms with van der Waals surface area (Å²) in [5, 5.41) is 3.20. The van der Waals surface area contributed by atoms with Crippen molar-refractivity contribution >= 4 is 40.4 Å². The van der Waals surface area contributed by atoms with E-state index in [4.69, 9.17) is 19.2 Å². The highest BCUT2D eigenvalue weighted by atomic mass is 16.5. The number of carbonyl (C=O) groups excluding carboxylic acids is 4. The maximum Gasteiger partial charge on any atom is 0.339 e. The molecule has 186 valence electrons. The second kappa shape index (κ2) is 10.6. The summed E-state index contributed by atoms with van der Waals surface area (Å²) in [6.45, 7) is 1.53. The Labute approximate surface area is 207 Å². The van der Waals surface area contributed by atoms with Gasteiger partial charge in [0.1, 0.15) is 0 Å². The number of aromatic nitrogens is 1. The van der Waals surface area contributed by atoms with Crippen LogP contribution in [0.2, 0.25) is 0 Å². The monoisotopic (exact) mass is 490 g/mol. The van der Waals surface area contributed by atoms with E-state index in [1.165, 1.54) is 32.4 Å². The van der Waals surface area contributed by atoms with Crippen LogP contribution in [0.15, 0.2) is 42.5 Å². The van der Waals surface area contributed by atoms with E-state index in [0.29, 0.717) is 28.8 Å². The molecule has 0 aliphatic heterocycles. The van der Waals surface area contributed by atoms with E-state index < -0.39 is 30.4 Å². The molecule has 0 bridgehead atoms. The largest absolute Gasteiger partial charge is 0.465 e. The molecule has 1 amide bonds. The van der Waals surface area contributed by atoms with Gasteiger partial charge >= 0.3 is 17.9 Å². The van der Waals surface area contributed by atoms with E-state index in [9.17, 15) is 19.2 Å². The van der Waals surface area contributed by atoms with Crippen LogP contribution in [0.1, 0.15) is 55.7 Å². The highest BCUT2D eigenvalue weighted by Crippen LogP contribution is 2.32. The first-order chi connectivity index (χ1) is 17.3. The quantitative estimate of drug-likeness (QED) is 0.410. The number of hydrogen-bond acceptors (Lipinski definition) is 8. The Kier molecular flexibility index (Phi) is 7.28. The van der Waals surface area contributed by atoms with Gasteiger partial charge in [-0.2, -0.15) is 0 Å². The van der Waals surface area contributed by atoms with Gasteiger partial charge in [0.2, 0.25) is 0 Å². The molecular formula is C27H26N2O7. The standard InChI is InChI=1S/C27H26N2O7/c1-15-8-11-21-19(12-15)24(17-6-4-5-7-20(17)28-21)27(33)36-14-23(30)29-22-13-16(25(31)34-2)9-10-18(22)26(32)35-3/h4-7,9-10,13,15H,8,11-12,14H2,1-3H3,(H,29,30). The number of anilines is 1. The van der Waals surface area contributed by atoms with E-state index in [2.05, 4.69) is 12.2 Å². The minimum Gasteiger partial charge on any atom is -0.465 e. The fourth-order valence-electron chi connectivity index (χ4n) is 4.37. The number of esters is 3. The van der Waals surface area contributed by atoms with Crippen molar-refractivity contribution < 1.29 is 33.4 Å². The number of ether oxygens (including phenoxy) is 3. The van der Waals surface area contributed by atoms with Gasteiger partial charge in [-0.15, -0.1) is 0 Å². The van der Waals surface area contributed by atoms with Crippen molar-refractivity contribution in [1.29, 1.82) is 0 Å². The number of benzene rings is 2. The van der Waals surface area contributed by atoms with Crippen molar-refractivity contribution in [2.24, 2.45) is 5.92 Å². The number of rotatable bonds is 6. The zero-order valence-electron chi connectivity index (χ0n) is 20.3. The van der Waals surface area contributed by atoms with Gasteiger partial charge in [-0.05, 0) is 55.0 Å². The molecule has 1 heterocycles. The van der Waals surface area contributed by atoms with E-state index in [-0.39, 0.29) is 16.8 Å². The topological polar surface area (TPSA) is 121 Å². The van der Waals surface area contributed by atoms with Gasteiger partial charge in [-0.1, -0.05) is 25.1 Å². The lowest BCUT2D eigenvalue weighted by Crippen LogP contribution is -2.24. The Morgan fingerprint density at radius 2 is 1.75 bits per heavy atom. The minimum atomic E-state index is -0.706. The number of nitrogens with zero attached hydrogens (tertiary/aromatic N) is 1. The average molecular weight is 491 g/mol. The molecule has 0 saturated heterocycles. The molecule has 2 aromatic carbocycles. The Morgan fingerprint density at radius 3 is 2.50 bits per heavy atom. The second-order valence-corrected chi connectivity index (χ2v) is 8.65. The summed E-state index contributed by atoms with van der Waals surface area (Å²) in [6.07, 6.45) is 2.46. The summed E-state index contributed by atoms with van der Waals surface area (Å²) >= 11 is 0. The summed E-state index contributed by atoms with van der Waals surface area (Å²) < 4.78 is 14.9. The number of carbonyl (C=O) groups is 4. The SMILES string of the molecule is COC(=O)c1ccc(C(=O)OC)c(NC(=O)COC(=O)c2c3c(nc4ccccc24)CCC(C)C3)c1. The van der Waals surface area contributed by atoms with Gasteiger partial charge in [0, 0.05) is 11.1 Å². The minimum absolute atomic E-state index is 0.0337. The van der Waals surface area contributed by atoms with Crippen LogP contribution in [0, 0.1) is 5.92 Å². The lowest BCUT2D eigenvalue weighted by atomic mass is 9.84. The molecule has 4 rings (SSSR count). The normalized spacial score (nSPS) is 14.5. The maximum absolute atomic E-state index is 13.2. The van der Waals surface area contributed by atoms with Gasteiger partial charge in [-0.25, -0.2) is 14.4 Å². The number of fused-ring (bicyclic) bond motifs is 2. The summed E-state index contributed by atoms with van der Waals surface area (Å²) in [4.78, 5) is 54.7. The van der Waals surface area contributed by atoms with Crippen LogP contribution in [-0.4, -0.2) is 49.6 Å². The molecule has 1 N–H and O–H groups in total. The van der Waals surface area contributed by atoms with E-state index in [0.717, 1.165) is 24.1 Å². The molecule has 0 radical (unpaired) electrons. The number of nitrogens with one attached hydrogen (secondary N) is 1. The number of para-hydroxylation sites is 1. The lowest BCUT2D eigenvalue weighted by molar-refractivity contribution is -0.119. The Morgan fingerprint density at radius 1 is 1.00 bits per heavy atom. The van der Waals surface area contributed by atoms with E-state index in [1.54, 1.807) is 0 Å². The Balaban J connectivity index is 1.57. The van der Waals surface area contributed by atoms with Crippen molar-refractivity contribution in [3.8, 4) is 0 Å². The average Bonchev–Trinajstić information content (AvgIpc) is 2.89. The fraction of sp³-hybridized carbons (Fsp3) is 0.296. The van der Waals surface area contributed by atoms with Gasteiger partial charge in [-0.3, -0.25) is 9.78 Å². The summed E-state index contributed by atoms with van der Waals surface area (Å²) in [7, 11) is 2.42. The van der Waals surface area contributed by atoms with Crippen LogP contribution < -0.4 is 5.32 Å². The molecule has 9 nitrogen and oxygen atoms in total. The zero-order valence-corrected chi connectivity index (χ0v) is 20.3. The maximum atomic E-state index is 13.2. The van der Waals surface area contributed by atoms with Crippen LogP contribution in [0.3, 0.4) is 0 Å². The molecule has 1 atom stereocenters. The van der Waals surface area contributed by atoms with Gasteiger partial charge in [0.05, 0.1) is 42.1 Å². The summed E-state index contributed by atoms with van der Waals surface area (Å²) in [5.74, 6) is -2.25. The summed E-state index contributed by atoms with van der Waals surface area (Å²) in [6, 6.07) is 11.4. The first-order valence-electron chi connectivity index (χ1n) is 11.5. The second-order valence-electron chi connectivity index (χ2n) is 8.65. The predicted octanol–water partition coefficient (Wildman–Crippen LogP) is 3.73. The number of aryl methyl sites for hydroxylation is 1. The molecule has 1 aromatic heterocycles. The predicted molar refractivity (Wildman–Crippen MR) is 131 cm³/mol. The molecule has 36 heavy (non-hydrogen) atoms. The fourth-order valence-corrected chi connectivity index (χ4v) is 4.37. The third-order valence-electron chi connectivity index (χ3n) is 6.16. The van der Waals surface area contributed by atoms with Crippen molar-refractivity contribution in [3.05, 3.63) is 70.4 Å². The highest BCUT2D eigenvalue weighted by molar-refractivity contribution is 6.07. The number of methoxy groups -OCH3 is 2. The molecule has 1 unspecified atom stereocenters. The van der Waals surface area contributed by atoms with Crippen LogP contribution >= 0.6 is 0 Å². The van der Waals surface area contributed by atoms with Gasteiger partial charge in [0.15, 0.2) is 6.61 Å². The third kappa shape index (κ3) is 5.05. The van der Waals surface area contributed by atoms with Gasteiger partial charge < -0.3 is 19.5 Å². The zero-order chi connectivity index (χ0) is 25.8. The Hall–Kier alpha value is -4.27. The smallest absolute Gasteiger partial charge is 0.339 e. The molecule has 1 aliphatic rings. The molecule has 0 spiro atoms. The molecule has 0 fully saturated rings. The number of pyridine rings is 1. The molecular weight excluding hydrogens is 464 g/mol. The van der Waals surface area contributed by atoms with Crippen molar-refractivity contribution in [2.75, 3.05) is 26.1 Å². The lowest BCUT2D eigenvalue weighted by Gasteiger charge is -2.24. The van der Waals surface area contributed by atoms with E-state index in [1.807, 2.05) is 24.3 Å². The first-order valence-corrected chi connectivity index (χ1v) is 11.5. The Bertz CT molecular complexity index is 1370. The van der Waals surface area contributed by atoms with Crippen LogP contribution in [-0.2, 0) is 31.8 Å². The van der Waals surface area contributed by atoms with Gasteiger partial charge in [0.25, 0.3) is 5.91 Å². The van der Waals surface area contributed by atoms with E-state index >= 15 is 0 Å². The van der Waals surface area contributed by atoms with Crippen LogP contribution in [0.4, 0.5) is 5.69 Å². The van der Waals surface area contributed by atoms with Crippen LogP contribution in [0.25, 0.3) is 10.9 Å². The first kappa shape index (κ1) is 24.8. The van der Waals surface area contributed by atoms with Crippen molar-refractivity contribution in [3.63, 3.8) is 0 Å². The van der Waals surface area contributed by atoms with Crippen LogP contribution in [0.5, 0.6) is 0 Å². The molecule has 1 aliphatic carbocycles. The number of amides is 1. The highest BCUT2D eigenvalue weighted by Gasteiger charge is 2.27. The molecule has 9 heteroatoms. The van der Waals surface area contributed by atoms with Crippen molar-refractivity contribution in [1.82, 2.24) is 4.98 Å². The third-order valence-corrected chi connectivity index (χ3v) is 6.16. The summed E-state index contributed by atoms with van der Waals surface area (Å²) in [5.41, 5.74) is 3.06. The van der Waals surface area contributed by atoms with Crippen molar-refractivity contribution in [2.45, 2.75) is 26.2 Å².